The topological polar surface area (TPSA) is 60.0 Å². The molecule has 1 aromatic carbocycles. The van der Waals surface area contributed by atoms with Gasteiger partial charge in [-0.15, -0.1) is 0 Å². The van der Waals surface area contributed by atoms with Gasteiger partial charge in [-0.1, -0.05) is 31.5 Å². The summed E-state index contributed by atoms with van der Waals surface area (Å²) in [6.07, 6.45) is 2.28. The van der Waals surface area contributed by atoms with E-state index in [1.54, 1.807) is 0 Å². The molecule has 1 aromatic rings. The zero-order valence-electron chi connectivity index (χ0n) is 14.9. The highest BCUT2D eigenvalue weighted by Crippen LogP contribution is 2.41. The molecule has 0 spiro atoms. The van der Waals surface area contributed by atoms with Crippen LogP contribution in [-0.4, -0.2) is 60.8 Å². The summed E-state index contributed by atoms with van der Waals surface area (Å²) in [6.45, 7) is 8.87. The minimum Gasteiger partial charge on any atom is -0.307 e. The van der Waals surface area contributed by atoms with Gasteiger partial charge in [-0.2, -0.15) is 5.10 Å². The number of urea groups is 1. The molecule has 0 aliphatic carbocycles. The standard InChI is InChI=1S/C19H27N5O/c1-2-8-19-13-23-9-10-24(14-19)12-15(11-23)17(19)21-22-18(25)20-16-6-4-3-5-7-16/h3-7,15H,2,8-14H2,1H3,(H2,20,22,25)/b21-17+. The van der Waals surface area contributed by atoms with Crippen LogP contribution in [0.3, 0.4) is 0 Å². The lowest BCUT2D eigenvalue weighted by molar-refractivity contribution is 0.109. The molecule has 4 saturated heterocycles. The summed E-state index contributed by atoms with van der Waals surface area (Å²) in [4.78, 5) is 17.4. The largest absolute Gasteiger partial charge is 0.339 e. The van der Waals surface area contributed by atoms with E-state index < -0.39 is 0 Å². The van der Waals surface area contributed by atoms with E-state index in [1.165, 1.54) is 5.71 Å². The van der Waals surface area contributed by atoms with E-state index in [-0.39, 0.29) is 11.4 Å². The van der Waals surface area contributed by atoms with E-state index >= 15 is 0 Å². The molecule has 0 aromatic heterocycles. The molecule has 4 aliphatic heterocycles. The number of hydrazone groups is 1. The number of fused-ring (bicyclic) bond motifs is 1. The normalized spacial score (nSPS) is 34.8. The van der Waals surface area contributed by atoms with Crippen LogP contribution in [0.5, 0.6) is 0 Å². The molecule has 134 valence electrons. The zero-order valence-corrected chi connectivity index (χ0v) is 14.9. The number of carbonyl (C=O) groups is 1. The average molecular weight is 341 g/mol. The third kappa shape index (κ3) is 3.28. The molecule has 2 N–H and O–H groups in total. The molecule has 4 fully saturated rings. The first kappa shape index (κ1) is 16.5. The van der Waals surface area contributed by atoms with Crippen LogP contribution >= 0.6 is 0 Å². The highest BCUT2D eigenvalue weighted by Gasteiger charge is 2.51. The Morgan fingerprint density at radius 2 is 1.88 bits per heavy atom. The number of nitrogens with zero attached hydrogens (tertiary/aromatic N) is 3. The van der Waals surface area contributed by atoms with Crippen LogP contribution in [0.25, 0.3) is 0 Å². The van der Waals surface area contributed by atoms with Crippen LogP contribution in [0.2, 0.25) is 0 Å². The van der Waals surface area contributed by atoms with Gasteiger partial charge in [0.15, 0.2) is 0 Å². The molecular formula is C19H27N5O. The van der Waals surface area contributed by atoms with Crippen LogP contribution in [0.4, 0.5) is 10.5 Å². The Morgan fingerprint density at radius 3 is 2.52 bits per heavy atom. The molecule has 4 heterocycles. The number of para-hydroxylation sites is 1. The number of hydrogen-bond acceptors (Lipinski definition) is 4. The summed E-state index contributed by atoms with van der Waals surface area (Å²) in [6, 6.07) is 9.22. The van der Waals surface area contributed by atoms with E-state index in [0.29, 0.717) is 5.92 Å². The highest BCUT2D eigenvalue weighted by molar-refractivity contribution is 5.96. The second-order valence-electron chi connectivity index (χ2n) is 7.63. The molecular weight excluding hydrogens is 314 g/mol. The van der Waals surface area contributed by atoms with Gasteiger partial charge in [0.05, 0.1) is 5.71 Å². The van der Waals surface area contributed by atoms with Crippen molar-refractivity contribution in [2.75, 3.05) is 44.6 Å². The van der Waals surface area contributed by atoms with E-state index in [0.717, 1.165) is 57.8 Å². The van der Waals surface area contributed by atoms with Crippen LogP contribution in [0.15, 0.2) is 35.4 Å². The number of benzene rings is 1. The van der Waals surface area contributed by atoms with Gasteiger partial charge in [0, 0.05) is 56.3 Å². The molecule has 25 heavy (non-hydrogen) atoms. The first-order chi connectivity index (χ1) is 12.2. The number of carbonyl (C=O) groups excluding carboxylic acids is 1. The quantitative estimate of drug-likeness (QED) is 0.826. The number of piperidine rings is 2. The van der Waals surface area contributed by atoms with Gasteiger partial charge in [0.1, 0.15) is 0 Å². The minimum absolute atomic E-state index is 0.104. The maximum atomic E-state index is 12.2. The fourth-order valence-corrected chi connectivity index (χ4v) is 4.87. The number of nitrogens with one attached hydrogen (secondary N) is 2. The van der Waals surface area contributed by atoms with E-state index in [1.807, 2.05) is 30.3 Å². The first-order valence-corrected chi connectivity index (χ1v) is 9.33. The lowest BCUT2D eigenvalue weighted by Crippen LogP contribution is -2.61. The van der Waals surface area contributed by atoms with Crippen LogP contribution in [-0.2, 0) is 0 Å². The van der Waals surface area contributed by atoms with Gasteiger partial charge in [-0.3, -0.25) is 0 Å². The van der Waals surface area contributed by atoms with Gasteiger partial charge >= 0.3 is 6.03 Å². The number of amides is 2. The van der Waals surface area contributed by atoms with Crippen LogP contribution < -0.4 is 10.7 Å². The number of anilines is 1. The third-order valence-electron chi connectivity index (χ3n) is 5.71. The fraction of sp³-hybridized carbons (Fsp3) is 0.579. The summed E-state index contributed by atoms with van der Waals surface area (Å²) in [7, 11) is 0. The Hall–Kier alpha value is -1.92. The minimum atomic E-state index is -0.266. The Morgan fingerprint density at radius 1 is 1.20 bits per heavy atom. The van der Waals surface area contributed by atoms with E-state index in [2.05, 4.69) is 32.6 Å². The molecule has 0 radical (unpaired) electrons. The molecule has 6 nitrogen and oxygen atoms in total. The van der Waals surface area contributed by atoms with Gasteiger partial charge < -0.3 is 15.1 Å². The molecule has 2 unspecified atom stereocenters. The Labute approximate surface area is 149 Å². The Bertz CT molecular complexity index is 643. The van der Waals surface area contributed by atoms with Crippen molar-refractivity contribution in [2.24, 2.45) is 16.4 Å². The second kappa shape index (κ2) is 6.77. The molecule has 4 bridgehead atoms. The van der Waals surface area contributed by atoms with Crippen molar-refractivity contribution in [3.05, 3.63) is 30.3 Å². The van der Waals surface area contributed by atoms with Crippen molar-refractivity contribution in [3.63, 3.8) is 0 Å². The van der Waals surface area contributed by atoms with E-state index in [9.17, 15) is 4.79 Å². The average Bonchev–Trinajstić information content (AvgIpc) is 2.83. The molecule has 5 rings (SSSR count). The SMILES string of the molecule is CCCC12CN3CCN(CC(C3)/C1=N\NC(=O)Nc1ccccc1)C2. The van der Waals surface area contributed by atoms with E-state index in [4.69, 9.17) is 0 Å². The van der Waals surface area contributed by atoms with Gasteiger partial charge in [0.2, 0.25) is 0 Å². The van der Waals surface area contributed by atoms with Gasteiger partial charge in [-0.05, 0) is 18.6 Å². The van der Waals surface area contributed by atoms with Crippen LogP contribution in [0.1, 0.15) is 19.8 Å². The predicted octanol–water partition coefficient (Wildman–Crippen LogP) is 2.21. The maximum absolute atomic E-state index is 12.2. The monoisotopic (exact) mass is 341 g/mol. The fourth-order valence-electron chi connectivity index (χ4n) is 4.87. The second-order valence-corrected chi connectivity index (χ2v) is 7.63. The summed E-state index contributed by atoms with van der Waals surface area (Å²) in [5.41, 5.74) is 4.86. The van der Waals surface area contributed by atoms with Crippen molar-refractivity contribution in [1.29, 1.82) is 0 Å². The van der Waals surface area contributed by atoms with Crippen molar-refractivity contribution < 1.29 is 4.79 Å². The Balaban J connectivity index is 1.51. The van der Waals surface area contributed by atoms with Crippen molar-refractivity contribution >= 4 is 17.4 Å². The lowest BCUT2D eigenvalue weighted by Gasteiger charge is -2.50. The maximum Gasteiger partial charge on any atom is 0.339 e. The number of rotatable bonds is 4. The molecule has 2 atom stereocenters. The van der Waals surface area contributed by atoms with Crippen molar-refractivity contribution in [1.82, 2.24) is 15.2 Å². The van der Waals surface area contributed by atoms with Gasteiger partial charge in [-0.25, -0.2) is 10.2 Å². The summed E-state index contributed by atoms with van der Waals surface area (Å²) in [5.74, 6) is 0.438. The molecule has 4 aliphatic rings. The van der Waals surface area contributed by atoms with Crippen LogP contribution in [0, 0.1) is 11.3 Å². The predicted molar refractivity (Wildman–Crippen MR) is 99.7 cm³/mol. The third-order valence-corrected chi connectivity index (χ3v) is 5.71. The van der Waals surface area contributed by atoms with Gasteiger partial charge in [0.25, 0.3) is 0 Å². The summed E-state index contributed by atoms with van der Waals surface area (Å²) >= 11 is 0. The molecule has 0 saturated carbocycles. The summed E-state index contributed by atoms with van der Waals surface area (Å²) in [5, 5.41) is 7.50. The van der Waals surface area contributed by atoms with Crippen molar-refractivity contribution in [3.8, 4) is 0 Å². The first-order valence-electron chi connectivity index (χ1n) is 9.33. The molecule has 2 amide bonds. The smallest absolute Gasteiger partial charge is 0.307 e. The summed E-state index contributed by atoms with van der Waals surface area (Å²) < 4.78 is 0. The Kier molecular flexibility index (Phi) is 4.48. The zero-order chi connectivity index (χ0) is 17.3. The number of hydrogen-bond donors (Lipinski definition) is 2. The molecule has 6 heteroatoms. The van der Waals surface area contributed by atoms with Crippen molar-refractivity contribution in [2.45, 2.75) is 19.8 Å². The lowest BCUT2D eigenvalue weighted by atomic mass is 9.68. The highest BCUT2D eigenvalue weighted by atomic mass is 16.2.